The molecule has 2 aromatic carbocycles. The van der Waals surface area contributed by atoms with Crippen LogP contribution in [-0.4, -0.2) is 12.2 Å². The minimum absolute atomic E-state index is 0.0404. The van der Waals surface area contributed by atoms with Crippen molar-refractivity contribution in [2.75, 3.05) is 5.32 Å². The topological polar surface area (TPSA) is 46.2 Å². The molecule has 0 saturated heterocycles. The first-order valence-corrected chi connectivity index (χ1v) is 5.73. The van der Waals surface area contributed by atoms with E-state index in [0.717, 1.165) is 5.56 Å². The molecule has 1 N–H and O–H groups in total. The van der Waals surface area contributed by atoms with Gasteiger partial charge in [0.1, 0.15) is 5.82 Å². The summed E-state index contributed by atoms with van der Waals surface area (Å²) >= 11 is 0. The summed E-state index contributed by atoms with van der Waals surface area (Å²) in [7, 11) is 0. The first-order chi connectivity index (χ1) is 9.10. The third kappa shape index (κ3) is 3.04. The Morgan fingerprint density at radius 1 is 1.11 bits per heavy atom. The molecule has 0 unspecified atom stereocenters. The monoisotopic (exact) mass is 257 g/mol. The van der Waals surface area contributed by atoms with Crippen molar-refractivity contribution in [3.8, 4) is 11.1 Å². The molecule has 0 aliphatic rings. The molecule has 2 aromatic rings. The number of hydrogen-bond acceptors (Lipinski definition) is 2. The van der Waals surface area contributed by atoms with Crippen LogP contribution in [0.3, 0.4) is 0 Å². The van der Waals surface area contributed by atoms with E-state index in [0.29, 0.717) is 17.5 Å². The van der Waals surface area contributed by atoms with Crippen molar-refractivity contribution in [2.24, 2.45) is 0 Å². The molecule has 0 fully saturated rings. The first kappa shape index (κ1) is 13.0. The second kappa shape index (κ2) is 5.44. The summed E-state index contributed by atoms with van der Waals surface area (Å²) in [6.07, 6.45) is 0.485. The van der Waals surface area contributed by atoms with Gasteiger partial charge in [-0.15, -0.1) is 0 Å². The van der Waals surface area contributed by atoms with Crippen LogP contribution in [0.25, 0.3) is 11.1 Å². The van der Waals surface area contributed by atoms with Gasteiger partial charge >= 0.3 is 0 Å². The van der Waals surface area contributed by atoms with Gasteiger partial charge in [-0.1, -0.05) is 18.2 Å². The Balaban J connectivity index is 2.29. The zero-order valence-corrected chi connectivity index (χ0v) is 10.3. The van der Waals surface area contributed by atoms with E-state index in [9.17, 15) is 14.0 Å². The molecule has 2 rings (SSSR count). The predicted octanol–water partition coefficient (Wildman–Crippen LogP) is 3.26. The van der Waals surface area contributed by atoms with Crippen molar-refractivity contribution >= 4 is 17.9 Å². The number of hydrogen-bond donors (Lipinski definition) is 1. The highest BCUT2D eigenvalue weighted by Gasteiger charge is 2.04. The average molecular weight is 257 g/mol. The molecule has 4 heteroatoms. The summed E-state index contributed by atoms with van der Waals surface area (Å²) in [4.78, 5) is 21.4. The van der Waals surface area contributed by atoms with Crippen LogP contribution in [0.5, 0.6) is 0 Å². The minimum Gasteiger partial charge on any atom is -0.326 e. The van der Waals surface area contributed by atoms with Crippen LogP contribution in [0.2, 0.25) is 0 Å². The van der Waals surface area contributed by atoms with E-state index in [1.807, 2.05) is 0 Å². The Morgan fingerprint density at radius 2 is 1.74 bits per heavy atom. The Morgan fingerprint density at radius 3 is 2.26 bits per heavy atom. The number of carbonyl (C=O) groups is 2. The number of rotatable bonds is 3. The van der Waals surface area contributed by atoms with Gasteiger partial charge in [-0.2, -0.15) is 0 Å². The SMILES string of the molecule is CC(=O)Nc1ccc(-c2ccc(C=O)c(F)c2)cc1. The molecule has 0 saturated carbocycles. The second-order valence-electron chi connectivity index (χ2n) is 4.11. The number of aldehydes is 1. The van der Waals surface area contributed by atoms with Gasteiger partial charge in [0.05, 0.1) is 5.56 Å². The number of carbonyl (C=O) groups excluding carboxylic acids is 2. The van der Waals surface area contributed by atoms with E-state index in [1.54, 1.807) is 30.3 Å². The molecule has 0 heterocycles. The number of anilines is 1. The van der Waals surface area contributed by atoms with E-state index >= 15 is 0 Å². The van der Waals surface area contributed by atoms with Crippen molar-refractivity contribution in [2.45, 2.75) is 6.92 Å². The highest BCUT2D eigenvalue weighted by atomic mass is 19.1. The summed E-state index contributed by atoms with van der Waals surface area (Å²) < 4.78 is 13.5. The van der Waals surface area contributed by atoms with Crippen LogP contribution >= 0.6 is 0 Å². The molecule has 0 aliphatic carbocycles. The lowest BCUT2D eigenvalue weighted by Gasteiger charge is -2.05. The predicted molar refractivity (Wildman–Crippen MR) is 71.5 cm³/mol. The highest BCUT2D eigenvalue weighted by Crippen LogP contribution is 2.23. The third-order valence-electron chi connectivity index (χ3n) is 2.67. The summed E-state index contributed by atoms with van der Waals surface area (Å²) in [6, 6.07) is 11.5. The van der Waals surface area contributed by atoms with Crippen molar-refractivity contribution in [1.29, 1.82) is 0 Å². The third-order valence-corrected chi connectivity index (χ3v) is 2.67. The van der Waals surface area contributed by atoms with Gasteiger partial charge in [0.25, 0.3) is 0 Å². The van der Waals surface area contributed by atoms with Crippen LogP contribution < -0.4 is 5.32 Å². The maximum atomic E-state index is 13.5. The van der Waals surface area contributed by atoms with Crippen LogP contribution in [0.1, 0.15) is 17.3 Å². The average Bonchev–Trinajstić information content (AvgIpc) is 2.39. The van der Waals surface area contributed by atoms with Gasteiger partial charge in [-0.05, 0) is 35.4 Å². The Hall–Kier alpha value is -2.49. The number of amides is 1. The molecule has 1 amide bonds. The van der Waals surface area contributed by atoms with Gasteiger partial charge < -0.3 is 5.32 Å². The molecule has 0 spiro atoms. The quantitative estimate of drug-likeness (QED) is 0.858. The van der Waals surface area contributed by atoms with E-state index in [4.69, 9.17) is 0 Å². The fourth-order valence-corrected chi connectivity index (χ4v) is 1.75. The van der Waals surface area contributed by atoms with E-state index in [2.05, 4.69) is 5.32 Å². The molecule has 0 atom stereocenters. The molecule has 0 aromatic heterocycles. The lowest BCUT2D eigenvalue weighted by atomic mass is 10.0. The maximum absolute atomic E-state index is 13.5. The molecule has 3 nitrogen and oxygen atoms in total. The molecule has 96 valence electrons. The van der Waals surface area contributed by atoms with Gasteiger partial charge in [0, 0.05) is 12.6 Å². The summed E-state index contributed by atoms with van der Waals surface area (Å²) in [6.45, 7) is 1.43. The number of nitrogens with one attached hydrogen (secondary N) is 1. The summed E-state index contributed by atoms with van der Waals surface area (Å²) in [5.74, 6) is -0.687. The Bertz CT molecular complexity index is 621. The second-order valence-corrected chi connectivity index (χ2v) is 4.11. The Kier molecular flexibility index (Phi) is 3.71. The number of halogens is 1. The largest absolute Gasteiger partial charge is 0.326 e. The lowest BCUT2D eigenvalue weighted by Crippen LogP contribution is -2.05. The van der Waals surface area contributed by atoms with E-state index in [-0.39, 0.29) is 11.5 Å². The van der Waals surface area contributed by atoms with Crippen molar-refractivity contribution < 1.29 is 14.0 Å². The normalized spacial score (nSPS) is 10.0. The molecule has 0 aliphatic heterocycles. The molecule has 19 heavy (non-hydrogen) atoms. The molecular weight excluding hydrogens is 245 g/mol. The smallest absolute Gasteiger partial charge is 0.221 e. The molecule has 0 bridgehead atoms. The first-order valence-electron chi connectivity index (χ1n) is 5.73. The Labute approximate surface area is 110 Å². The lowest BCUT2D eigenvalue weighted by molar-refractivity contribution is -0.114. The summed E-state index contributed by atoms with van der Waals surface area (Å²) in [5.41, 5.74) is 2.21. The van der Waals surface area contributed by atoms with Crippen molar-refractivity contribution in [1.82, 2.24) is 0 Å². The summed E-state index contributed by atoms with van der Waals surface area (Å²) in [5, 5.41) is 2.65. The highest BCUT2D eigenvalue weighted by molar-refractivity contribution is 5.89. The van der Waals surface area contributed by atoms with Crippen molar-refractivity contribution in [3.63, 3.8) is 0 Å². The fourth-order valence-electron chi connectivity index (χ4n) is 1.75. The van der Waals surface area contributed by atoms with Crippen LogP contribution in [0.4, 0.5) is 10.1 Å². The van der Waals surface area contributed by atoms with Gasteiger partial charge in [-0.25, -0.2) is 4.39 Å². The molecule has 0 radical (unpaired) electrons. The zero-order chi connectivity index (χ0) is 13.8. The maximum Gasteiger partial charge on any atom is 0.221 e. The minimum atomic E-state index is -0.543. The van der Waals surface area contributed by atoms with Crippen molar-refractivity contribution in [3.05, 3.63) is 53.8 Å². The number of benzene rings is 2. The van der Waals surface area contributed by atoms with Crippen LogP contribution in [0, 0.1) is 5.82 Å². The van der Waals surface area contributed by atoms with E-state index in [1.165, 1.54) is 19.1 Å². The molecular formula is C15H12FNO2. The standard InChI is InChI=1S/C15H12FNO2/c1-10(19)17-14-6-4-11(5-7-14)12-2-3-13(9-18)15(16)8-12/h2-9H,1H3,(H,17,19). The zero-order valence-electron chi connectivity index (χ0n) is 10.3. The van der Waals surface area contributed by atoms with Gasteiger partial charge in [0.15, 0.2) is 6.29 Å². The van der Waals surface area contributed by atoms with E-state index < -0.39 is 5.82 Å². The fraction of sp³-hybridized carbons (Fsp3) is 0.0667. The van der Waals surface area contributed by atoms with Gasteiger partial charge in [0.2, 0.25) is 5.91 Å². The van der Waals surface area contributed by atoms with Gasteiger partial charge in [-0.3, -0.25) is 9.59 Å². The van der Waals surface area contributed by atoms with Crippen LogP contribution in [-0.2, 0) is 4.79 Å². The van der Waals surface area contributed by atoms with Crippen LogP contribution in [0.15, 0.2) is 42.5 Å².